The van der Waals surface area contributed by atoms with Crippen molar-refractivity contribution < 1.29 is 17.9 Å². The molecule has 1 N–H and O–H groups in total. The van der Waals surface area contributed by atoms with E-state index in [1.165, 1.54) is 19.2 Å². The van der Waals surface area contributed by atoms with Crippen molar-refractivity contribution >= 4 is 54.8 Å². The smallest absolute Gasteiger partial charge is 0.245 e. The van der Waals surface area contributed by atoms with Crippen molar-refractivity contribution in [3.8, 4) is 5.75 Å². The van der Waals surface area contributed by atoms with Gasteiger partial charge < -0.3 is 10.1 Å². The van der Waals surface area contributed by atoms with E-state index < -0.39 is 15.9 Å². The van der Waals surface area contributed by atoms with Gasteiger partial charge in [0.05, 0.1) is 24.1 Å². The lowest BCUT2D eigenvalue weighted by Crippen LogP contribution is -2.37. The molecule has 2 aromatic rings. The van der Waals surface area contributed by atoms with Gasteiger partial charge >= 0.3 is 0 Å². The minimum absolute atomic E-state index is 0.251. The second-order valence-corrected chi connectivity index (χ2v) is 8.38. The fourth-order valence-corrected chi connectivity index (χ4v) is 3.61. The lowest BCUT2D eigenvalue weighted by molar-refractivity contribution is -0.114. The van der Waals surface area contributed by atoms with E-state index in [2.05, 4.69) is 21.2 Å². The van der Waals surface area contributed by atoms with E-state index in [0.29, 0.717) is 11.4 Å². The van der Waals surface area contributed by atoms with E-state index in [1.807, 2.05) is 6.07 Å². The van der Waals surface area contributed by atoms with E-state index in [9.17, 15) is 13.2 Å². The highest BCUT2D eigenvalue weighted by atomic mass is 79.9. The van der Waals surface area contributed by atoms with Crippen molar-refractivity contribution in [2.75, 3.05) is 29.5 Å². The summed E-state index contributed by atoms with van der Waals surface area (Å²) in [6.07, 6.45) is 1.03. The SMILES string of the molecule is COc1ccc(N(CC(=O)Nc2cccc(Br)c2)S(C)(=O)=O)cc1Cl. The first-order valence-electron chi connectivity index (χ1n) is 7.07. The van der Waals surface area contributed by atoms with Gasteiger partial charge in [0.1, 0.15) is 12.3 Å². The molecule has 134 valence electrons. The zero-order valence-electron chi connectivity index (χ0n) is 13.5. The number of carbonyl (C=O) groups excluding carboxylic acids is 1. The highest BCUT2D eigenvalue weighted by Crippen LogP contribution is 2.30. The number of anilines is 2. The third kappa shape index (κ3) is 5.35. The summed E-state index contributed by atoms with van der Waals surface area (Å²) < 4.78 is 31.0. The van der Waals surface area contributed by atoms with Gasteiger partial charge in [-0.25, -0.2) is 8.42 Å². The lowest BCUT2D eigenvalue weighted by atomic mass is 10.3. The largest absolute Gasteiger partial charge is 0.495 e. The third-order valence-electron chi connectivity index (χ3n) is 3.22. The molecule has 0 saturated heterocycles. The Morgan fingerprint density at radius 3 is 2.56 bits per heavy atom. The molecule has 6 nitrogen and oxygen atoms in total. The summed E-state index contributed by atoms with van der Waals surface area (Å²) in [6.45, 7) is -0.381. The monoisotopic (exact) mass is 446 g/mol. The first kappa shape index (κ1) is 19.6. The van der Waals surface area contributed by atoms with Crippen molar-refractivity contribution in [1.29, 1.82) is 0 Å². The standard InChI is InChI=1S/C16H16BrClN2O4S/c1-24-15-7-6-13(9-14(15)18)20(25(2,22)23)10-16(21)19-12-5-3-4-11(17)8-12/h3-9H,10H2,1-2H3,(H,19,21). The van der Waals surface area contributed by atoms with Crippen molar-refractivity contribution in [1.82, 2.24) is 0 Å². The predicted octanol–water partition coefficient (Wildman–Crippen LogP) is 3.52. The molecule has 2 aromatic carbocycles. The number of carbonyl (C=O) groups is 1. The van der Waals surface area contributed by atoms with Crippen LogP contribution in [0.2, 0.25) is 5.02 Å². The van der Waals surface area contributed by atoms with Crippen LogP contribution in [-0.2, 0) is 14.8 Å². The van der Waals surface area contributed by atoms with Crippen LogP contribution in [0.5, 0.6) is 5.75 Å². The van der Waals surface area contributed by atoms with Gasteiger partial charge in [0.25, 0.3) is 0 Å². The van der Waals surface area contributed by atoms with Crippen LogP contribution in [0.15, 0.2) is 46.9 Å². The zero-order valence-corrected chi connectivity index (χ0v) is 16.7. The number of sulfonamides is 1. The van der Waals surface area contributed by atoms with Crippen LogP contribution < -0.4 is 14.4 Å². The summed E-state index contributed by atoms with van der Waals surface area (Å²) in [5.74, 6) is -0.0621. The molecule has 0 aliphatic carbocycles. The summed E-state index contributed by atoms with van der Waals surface area (Å²) in [7, 11) is -2.23. The maximum absolute atomic E-state index is 12.3. The minimum atomic E-state index is -3.69. The molecule has 0 spiro atoms. The second kappa shape index (κ2) is 8.07. The third-order valence-corrected chi connectivity index (χ3v) is 5.15. The number of hydrogen-bond donors (Lipinski definition) is 1. The molecule has 0 heterocycles. The maximum atomic E-state index is 12.3. The van der Waals surface area contributed by atoms with E-state index in [-0.39, 0.29) is 17.3 Å². The van der Waals surface area contributed by atoms with Gasteiger partial charge in [0.15, 0.2) is 0 Å². The molecule has 0 unspecified atom stereocenters. The summed E-state index contributed by atoms with van der Waals surface area (Å²) in [4.78, 5) is 12.3. The van der Waals surface area contributed by atoms with Gasteiger partial charge in [0, 0.05) is 10.2 Å². The Hall–Kier alpha value is -1.77. The Bertz CT molecular complexity index is 889. The van der Waals surface area contributed by atoms with Gasteiger partial charge in [-0.15, -0.1) is 0 Å². The molecule has 0 bridgehead atoms. The quantitative estimate of drug-likeness (QED) is 0.735. The lowest BCUT2D eigenvalue weighted by Gasteiger charge is -2.22. The number of methoxy groups -OCH3 is 1. The van der Waals surface area contributed by atoms with Gasteiger partial charge in [0.2, 0.25) is 15.9 Å². The fourth-order valence-electron chi connectivity index (χ4n) is 2.11. The Morgan fingerprint density at radius 1 is 1.28 bits per heavy atom. The molecule has 0 fully saturated rings. The number of benzene rings is 2. The molecular weight excluding hydrogens is 432 g/mol. The van der Waals surface area contributed by atoms with Gasteiger partial charge in [-0.3, -0.25) is 9.10 Å². The molecule has 1 amide bonds. The molecule has 0 saturated carbocycles. The van der Waals surface area contributed by atoms with Gasteiger partial charge in [-0.1, -0.05) is 33.6 Å². The molecule has 0 atom stereocenters. The predicted molar refractivity (Wildman–Crippen MR) is 103 cm³/mol. The van der Waals surface area contributed by atoms with Crippen LogP contribution in [0.3, 0.4) is 0 Å². The van der Waals surface area contributed by atoms with Crippen LogP contribution in [-0.4, -0.2) is 34.2 Å². The molecule has 0 aliphatic heterocycles. The molecule has 0 aliphatic rings. The second-order valence-electron chi connectivity index (χ2n) is 5.15. The van der Waals surface area contributed by atoms with Crippen LogP contribution >= 0.6 is 27.5 Å². The van der Waals surface area contributed by atoms with Gasteiger partial charge in [-0.05, 0) is 36.4 Å². The molecule has 9 heteroatoms. The highest BCUT2D eigenvalue weighted by Gasteiger charge is 2.22. The van der Waals surface area contributed by atoms with Crippen molar-refractivity contribution in [3.63, 3.8) is 0 Å². The average molecular weight is 448 g/mol. The molecule has 0 aromatic heterocycles. The Kier molecular flexibility index (Phi) is 6.31. The van der Waals surface area contributed by atoms with E-state index in [1.54, 1.807) is 24.3 Å². The van der Waals surface area contributed by atoms with E-state index in [0.717, 1.165) is 15.0 Å². The molecule has 2 rings (SSSR count). The fraction of sp³-hybridized carbons (Fsp3) is 0.188. The first-order chi connectivity index (χ1) is 11.7. The maximum Gasteiger partial charge on any atom is 0.245 e. The first-order valence-corrected chi connectivity index (χ1v) is 10.1. The topological polar surface area (TPSA) is 75.7 Å². The number of halogens is 2. The van der Waals surface area contributed by atoms with Crippen LogP contribution in [0.25, 0.3) is 0 Å². The van der Waals surface area contributed by atoms with Crippen LogP contribution in [0.4, 0.5) is 11.4 Å². The number of amides is 1. The summed E-state index contributed by atoms with van der Waals surface area (Å²) >= 11 is 9.36. The minimum Gasteiger partial charge on any atom is -0.495 e. The number of hydrogen-bond acceptors (Lipinski definition) is 4. The number of nitrogens with one attached hydrogen (secondary N) is 1. The highest BCUT2D eigenvalue weighted by molar-refractivity contribution is 9.10. The molecule has 25 heavy (non-hydrogen) atoms. The summed E-state index contributed by atoms with van der Waals surface area (Å²) in [5, 5.41) is 2.91. The van der Waals surface area contributed by atoms with Crippen molar-refractivity contribution in [2.45, 2.75) is 0 Å². The van der Waals surface area contributed by atoms with Crippen LogP contribution in [0, 0.1) is 0 Å². The number of ether oxygens (including phenoxy) is 1. The van der Waals surface area contributed by atoms with E-state index in [4.69, 9.17) is 16.3 Å². The molecule has 0 radical (unpaired) electrons. The zero-order chi connectivity index (χ0) is 18.6. The summed E-state index contributed by atoms with van der Waals surface area (Å²) in [5.41, 5.74) is 0.832. The van der Waals surface area contributed by atoms with Crippen molar-refractivity contribution in [2.24, 2.45) is 0 Å². The average Bonchev–Trinajstić information content (AvgIpc) is 2.51. The summed E-state index contributed by atoms with van der Waals surface area (Å²) in [6, 6.07) is 11.5. The van der Waals surface area contributed by atoms with E-state index >= 15 is 0 Å². The normalized spacial score (nSPS) is 11.0. The van der Waals surface area contributed by atoms with Crippen LogP contribution in [0.1, 0.15) is 0 Å². The number of nitrogens with zero attached hydrogens (tertiary/aromatic N) is 1. The Morgan fingerprint density at radius 2 is 2.00 bits per heavy atom. The number of rotatable bonds is 6. The Balaban J connectivity index is 2.24. The molecular formula is C16H16BrClN2O4S. The van der Waals surface area contributed by atoms with Crippen molar-refractivity contribution in [3.05, 3.63) is 52.0 Å². The van der Waals surface area contributed by atoms with Gasteiger partial charge in [-0.2, -0.15) is 0 Å². The Labute approximate surface area is 159 Å².